The number of aromatic nitrogens is 2. The average molecular weight is 322 g/mol. The summed E-state index contributed by atoms with van der Waals surface area (Å²) in [5.74, 6) is 0.905. The van der Waals surface area contributed by atoms with Gasteiger partial charge in [0.2, 0.25) is 0 Å². The van der Waals surface area contributed by atoms with Crippen LogP contribution in [0.1, 0.15) is 12.2 Å². The van der Waals surface area contributed by atoms with Crippen LogP contribution in [0.25, 0.3) is 10.9 Å². The Morgan fingerprint density at radius 1 is 1.26 bits per heavy atom. The molecule has 5 heteroatoms. The van der Waals surface area contributed by atoms with Crippen LogP contribution in [0.5, 0.6) is 0 Å². The summed E-state index contributed by atoms with van der Waals surface area (Å²) in [6.45, 7) is 2.74. The zero-order valence-corrected chi connectivity index (χ0v) is 12.5. The third-order valence-electron chi connectivity index (χ3n) is 3.64. The minimum Gasteiger partial charge on any atom is -0.306 e. The van der Waals surface area contributed by atoms with Gasteiger partial charge < -0.3 is 4.90 Å². The van der Waals surface area contributed by atoms with Crippen molar-refractivity contribution in [2.45, 2.75) is 19.4 Å². The molecule has 2 heterocycles. The van der Waals surface area contributed by atoms with E-state index in [1.54, 1.807) is 0 Å². The van der Waals surface area contributed by atoms with E-state index in [-0.39, 0.29) is 5.56 Å². The van der Waals surface area contributed by atoms with Gasteiger partial charge in [-0.1, -0.05) is 15.9 Å². The molecule has 0 spiro atoms. The second kappa shape index (κ2) is 5.06. The molecule has 0 saturated carbocycles. The molecule has 1 aliphatic heterocycles. The average Bonchev–Trinajstić information content (AvgIpc) is 2.36. The predicted octanol–water partition coefficient (Wildman–Crippen LogP) is 2.04. The summed E-state index contributed by atoms with van der Waals surface area (Å²) < 4.78 is 2.81. The van der Waals surface area contributed by atoms with Crippen molar-refractivity contribution in [3.63, 3.8) is 0 Å². The van der Waals surface area contributed by atoms with Gasteiger partial charge in [0.15, 0.2) is 0 Å². The van der Waals surface area contributed by atoms with E-state index >= 15 is 0 Å². The summed E-state index contributed by atoms with van der Waals surface area (Å²) in [5.41, 5.74) is 0.880. The van der Waals surface area contributed by atoms with Gasteiger partial charge in [-0.05, 0) is 38.2 Å². The monoisotopic (exact) mass is 321 g/mol. The van der Waals surface area contributed by atoms with Crippen LogP contribution in [0.3, 0.4) is 0 Å². The number of likely N-dealkylation sites (N-methyl/N-ethyl adjacent to an activating group) is 1. The van der Waals surface area contributed by atoms with Crippen LogP contribution in [0.2, 0.25) is 0 Å². The molecule has 3 rings (SSSR count). The lowest BCUT2D eigenvalue weighted by atomic mass is 10.2. The van der Waals surface area contributed by atoms with E-state index in [9.17, 15) is 4.79 Å². The van der Waals surface area contributed by atoms with Crippen molar-refractivity contribution in [1.82, 2.24) is 14.5 Å². The molecule has 0 radical (unpaired) electrons. The molecule has 4 nitrogen and oxygen atoms in total. The number of nitrogens with zero attached hydrogens (tertiary/aromatic N) is 3. The van der Waals surface area contributed by atoms with Crippen molar-refractivity contribution in [3.05, 3.63) is 38.9 Å². The highest BCUT2D eigenvalue weighted by Gasteiger charge is 2.14. The molecule has 0 N–H and O–H groups in total. The molecule has 0 unspecified atom stereocenters. The maximum Gasteiger partial charge on any atom is 0.261 e. The minimum atomic E-state index is 0.0945. The van der Waals surface area contributed by atoms with Gasteiger partial charge >= 0.3 is 0 Å². The van der Waals surface area contributed by atoms with Crippen molar-refractivity contribution in [2.24, 2.45) is 0 Å². The van der Waals surface area contributed by atoms with Crippen molar-refractivity contribution in [2.75, 3.05) is 20.1 Å². The fraction of sp³-hybridized carbons (Fsp3) is 0.429. The highest BCUT2D eigenvalue weighted by Crippen LogP contribution is 2.17. The Hall–Kier alpha value is -1.20. The Morgan fingerprint density at radius 3 is 2.95 bits per heavy atom. The van der Waals surface area contributed by atoms with E-state index in [2.05, 4.69) is 32.9 Å². The highest BCUT2D eigenvalue weighted by molar-refractivity contribution is 9.10. The number of rotatable bonds is 0. The van der Waals surface area contributed by atoms with Crippen molar-refractivity contribution in [3.8, 4) is 0 Å². The van der Waals surface area contributed by atoms with Gasteiger partial charge in [0.25, 0.3) is 5.56 Å². The fourth-order valence-electron chi connectivity index (χ4n) is 2.56. The van der Waals surface area contributed by atoms with Gasteiger partial charge in [-0.2, -0.15) is 0 Å². The van der Waals surface area contributed by atoms with E-state index in [0.717, 1.165) is 48.3 Å². The lowest BCUT2D eigenvalue weighted by Crippen LogP contribution is -2.33. The second-order valence-electron chi connectivity index (χ2n) is 5.05. The lowest BCUT2D eigenvalue weighted by Gasteiger charge is -2.22. The van der Waals surface area contributed by atoms with E-state index < -0.39 is 0 Å². The first-order valence-electron chi connectivity index (χ1n) is 6.53. The largest absolute Gasteiger partial charge is 0.306 e. The Morgan fingerprint density at radius 2 is 2.11 bits per heavy atom. The molecular weight excluding hydrogens is 306 g/mol. The summed E-state index contributed by atoms with van der Waals surface area (Å²) in [4.78, 5) is 19.5. The molecule has 1 aromatic carbocycles. The quantitative estimate of drug-likeness (QED) is 0.745. The second-order valence-corrected chi connectivity index (χ2v) is 5.97. The molecule has 0 amide bonds. The van der Waals surface area contributed by atoms with Crippen molar-refractivity contribution in [1.29, 1.82) is 0 Å². The molecule has 0 atom stereocenters. The first-order chi connectivity index (χ1) is 9.15. The van der Waals surface area contributed by atoms with Gasteiger partial charge in [-0.15, -0.1) is 0 Å². The molecule has 1 aromatic heterocycles. The number of hydrogen-bond acceptors (Lipinski definition) is 3. The van der Waals surface area contributed by atoms with Gasteiger partial charge in [-0.25, -0.2) is 4.98 Å². The normalized spacial score (nSPS) is 16.9. The Balaban J connectivity index is 2.19. The Kier molecular flexibility index (Phi) is 3.41. The van der Waals surface area contributed by atoms with Gasteiger partial charge in [0.05, 0.1) is 10.9 Å². The van der Waals surface area contributed by atoms with Gasteiger partial charge in [0.1, 0.15) is 5.82 Å². The van der Waals surface area contributed by atoms with E-state index in [0.29, 0.717) is 5.39 Å². The van der Waals surface area contributed by atoms with Crippen LogP contribution >= 0.6 is 15.9 Å². The number of hydrogen-bond donors (Lipinski definition) is 0. The summed E-state index contributed by atoms with van der Waals surface area (Å²) >= 11 is 3.43. The van der Waals surface area contributed by atoms with Gasteiger partial charge in [-0.3, -0.25) is 9.36 Å². The molecule has 1 aliphatic rings. The summed E-state index contributed by atoms with van der Waals surface area (Å²) in [5, 5.41) is 0.709. The number of halogens is 1. The first kappa shape index (κ1) is 12.8. The van der Waals surface area contributed by atoms with Crippen LogP contribution < -0.4 is 5.56 Å². The maximum atomic E-state index is 12.5. The van der Waals surface area contributed by atoms with Crippen LogP contribution in [0.15, 0.2) is 27.5 Å². The lowest BCUT2D eigenvalue weighted by molar-refractivity contribution is 0.304. The van der Waals surface area contributed by atoms with Crippen molar-refractivity contribution >= 4 is 26.8 Å². The zero-order chi connectivity index (χ0) is 13.4. The molecular formula is C14H16BrN3O. The summed E-state index contributed by atoms with van der Waals surface area (Å²) in [6, 6.07) is 5.67. The summed E-state index contributed by atoms with van der Waals surface area (Å²) in [6.07, 6.45) is 1.82. The Bertz CT molecular complexity index is 680. The highest BCUT2D eigenvalue weighted by atomic mass is 79.9. The van der Waals surface area contributed by atoms with Crippen LogP contribution in [-0.4, -0.2) is 34.6 Å². The van der Waals surface area contributed by atoms with Crippen LogP contribution in [0.4, 0.5) is 0 Å². The molecule has 0 aliphatic carbocycles. The molecule has 0 fully saturated rings. The van der Waals surface area contributed by atoms with E-state index in [4.69, 9.17) is 0 Å². The minimum absolute atomic E-state index is 0.0945. The van der Waals surface area contributed by atoms with Crippen molar-refractivity contribution < 1.29 is 0 Å². The third kappa shape index (κ3) is 2.44. The first-order valence-corrected chi connectivity index (χ1v) is 7.32. The standard InChI is InChI=1S/C14H16BrN3O/c1-17-6-2-7-18-13(5-8-17)16-12-9-10(15)3-4-11(12)14(18)19/h3-4,9H,2,5-8H2,1H3. The van der Waals surface area contributed by atoms with Gasteiger partial charge in [0, 0.05) is 24.0 Å². The van der Waals surface area contributed by atoms with E-state index in [1.165, 1.54) is 0 Å². The predicted molar refractivity (Wildman–Crippen MR) is 79.5 cm³/mol. The van der Waals surface area contributed by atoms with Crippen LogP contribution in [0, 0.1) is 0 Å². The Labute approximate surface area is 120 Å². The number of fused-ring (bicyclic) bond motifs is 2. The molecule has 100 valence electrons. The molecule has 0 saturated heterocycles. The zero-order valence-electron chi connectivity index (χ0n) is 10.9. The molecule has 2 aromatic rings. The van der Waals surface area contributed by atoms with E-state index in [1.807, 2.05) is 22.8 Å². The smallest absolute Gasteiger partial charge is 0.261 e. The fourth-order valence-corrected chi connectivity index (χ4v) is 2.91. The summed E-state index contributed by atoms with van der Waals surface area (Å²) in [7, 11) is 2.12. The molecule has 0 bridgehead atoms. The number of benzene rings is 1. The maximum absolute atomic E-state index is 12.5. The van der Waals surface area contributed by atoms with Crippen LogP contribution in [-0.2, 0) is 13.0 Å². The third-order valence-corrected chi connectivity index (χ3v) is 4.13. The SMILES string of the molecule is CN1CCCn2c(nc3cc(Br)ccc3c2=O)CC1. The topological polar surface area (TPSA) is 38.1 Å². The molecule has 19 heavy (non-hydrogen) atoms.